The van der Waals surface area contributed by atoms with Gasteiger partial charge in [0.1, 0.15) is 5.70 Å². The highest BCUT2D eigenvalue weighted by atomic mass is 79.9. The molecule has 1 saturated carbocycles. The van der Waals surface area contributed by atoms with Crippen LogP contribution in [0.3, 0.4) is 0 Å². The Morgan fingerprint density at radius 3 is 2.76 bits per heavy atom. The molecular weight excluding hydrogens is 356 g/mol. The molecular formula is C14H11BrN2O3S. The molecule has 0 unspecified atom stereocenters. The van der Waals surface area contributed by atoms with Crippen molar-refractivity contribution in [3.63, 3.8) is 0 Å². The SMILES string of the molecule is O=C1C(=Cc2cc3c(cc2Br)OCO3)NC(=S)N1C1CC1. The van der Waals surface area contributed by atoms with Crippen molar-refractivity contribution < 1.29 is 14.3 Å². The van der Waals surface area contributed by atoms with Crippen molar-refractivity contribution in [2.45, 2.75) is 18.9 Å². The number of nitrogens with zero attached hydrogens (tertiary/aromatic N) is 1. The van der Waals surface area contributed by atoms with Gasteiger partial charge in [0.25, 0.3) is 5.91 Å². The van der Waals surface area contributed by atoms with Crippen molar-refractivity contribution >= 4 is 45.2 Å². The largest absolute Gasteiger partial charge is 0.454 e. The minimum absolute atomic E-state index is 0.0629. The Labute approximate surface area is 135 Å². The molecule has 0 bridgehead atoms. The number of rotatable bonds is 2. The number of amides is 1. The van der Waals surface area contributed by atoms with Crippen LogP contribution in [0.25, 0.3) is 6.08 Å². The zero-order valence-corrected chi connectivity index (χ0v) is 13.3. The molecule has 1 saturated heterocycles. The Hall–Kier alpha value is -1.60. The summed E-state index contributed by atoms with van der Waals surface area (Å²) < 4.78 is 11.5. The van der Waals surface area contributed by atoms with Gasteiger partial charge in [-0.05, 0) is 48.8 Å². The smallest absolute Gasteiger partial charge is 0.276 e. The molecule has 2 heterocycles. The van der Waals surface area contributed by atoms with E-state index in [1.807, 2.05) is 12.1 Å². The van der Waals surface area contributed by atoms with Gasteiger partial charge in [-0.25, -0.2) is 0 Å². The normalized spacial score (nSPS) is 22.1. The summed E-state index contributed by atoms with van der Waals surface area (Å²) in [5, 5.41) is 3.49. The Morgan fingerprint density at radius 2 is 2.05 bits per heavy atom. The van der Waals surface area contributed by atoms with E-state index < -0.39 is 0 Å². The molecule has 108 valence electrons. The van der Waals surface area contributed by atoms with E-state index >= 15 is 0 Å². The number of hydrogen-bond acceptors (Lipinski definition) is 4. The molecule has 1 aromatic rings. The Bertz CT molecular complexity index is 700. The zero-order chi connectivity index (χ0) is 14.6. The van der Waals surface area contributed by atoms with Crippen LogP contribution in [0.1, 0.15) is 18.4 Å². The number of hydrogen-bond donors (Lipinski definition) is 1. The van der Waals surface area contributed by atoms with Gasteiger partial charge in [0.2, 0.25) is 6.79 Å². The highest BCUT2D eigenvalue weighted by molar-refractivity contribution is 9.10. The first kappa shape index (κ1) is 13.1. The fourth-order valence-corrected chi connectivity index (χ4v) is 3.19. The minimum Gasteiger partial charge on any atom is -0.454 e. The maximum absolute atomic E-state index is 12.4. The average molecular weight is 367 g/mol. The number of halogens is 1. The first-order chi connectivity index (χ1) is 10.1. The van der Waals surface area contributed by atoms with Crippen molar-refractivity contribution in [3.8, 4) is 11.5 Å². The van der Waals surface area contributed by atoms with E-state index in [4.69, 9.17) is 21.7 Å². The van der Waals surface area contributed by atoms with Gasteiger partial charge in [-0.3, -0.25) is 9.69 Å². The maximum atomic E-state index is 12.4. The maximum Gasteiger partial charge on any atom is 0.276 e. The molecule has 7 heteroatoms. The second kappa shape index (κ2) is 4.71. The summed E-state index contributed by atoms with van der Waals surface area (Å²) in [7, 11) is 0. The molecule has 0 aromatic heterocycles. The van der Waals surface area contributed by atoms with Crippen LogP contribution in [0.2, 0.25) is 0 Å². The number of carbonyl (C=O) groups excluding carboxylic acids is 1. The van der Waals surface area contributed by atoms with Gasteiger partial charge in [-0.2, -0.15) is 0 Å². The lowest BCUT2D eigenvalue weighted by Crippen LogP contribution is -2.32. The quantitative estimate of drug-likeness (QED) is 0.643. The highest BCUT2D eigenvalue weighted by Gasteiger charge is 2.41. The lowest BCUT2D eigenvalue weighted by Gasteiger charge is -2.11. The lowest BCUT2D eigenvalue weighted by atomic mass is 10.1. The number of nitrogens with one attached hydrogen (secondary N) is 1. The number of thiocarbonyl (C=S) groups is 1. The summed E-state index contributed by atoms with van der Waals surface area (Å²) in [4.78, 5) is 14.1. The fourth-order valence-electron chi connectivity index (χ4n) is 2.41. The number of carbonyl (C=O) groups is 1. The summed E-state index contributed by atoms with van der Waals surface area (Å²) in [6.07, 6.45) is 3.83. The number of benzene rings is 1. The van der Waals surface area contributed by atoms with Crippen molar-refractivity contribution in [3.05, 3.63) is 27.9 Å². The molecule has 4 rings (SSSR count). The predicted octanol–water partition coefficient (Wildman–Crippen LogP) is 2.40. The van der Waals surface area contributed by atoms with Gasteiger partial charge in [0.05, 0.1) is 0 Å². The lowest BCUT2D eigenvalue weighted by molar-refractivity contribution is -0.122. The summed E-state index contributed by atoms with van der Waals surface area (Å²) in [6.45, 7) is 0.221. The van der Waals surface area contributed by atoms with E-state index in [1.54, 1.807) is 11.0 Å². The van der Waals surface area contributed by atoms with Crippen molar-refractivity contribution in [1.29, 1.82) is 0 Å². The average Bonchev–Trinajstić information content (AvgIpc) is 3.10. The van der Waals surface area contributed by atoms with Crippen LogP contribution in [0.5, 0.6) is 11.5 Å². The van der Waals surface area contributed by atoms with Crippen LogP contribution in [0.15, 0.2) is 22.3 Å². The topological polar surface area (TPSA) is 50.8 Å². The van der Waals surface area contributed by atoms with Gasteiger partial charge >= 0.3 is 0 Å². The highest BCUT2D eigenvalue weighted by Crippen LogP contribution is 2.38. The van der Waals surface area contributed by atoms with E-state index in [0.717, 1.165) is 22.9 Å². The summed E-state index contributed by atoms with van der Waals surface area (Å²) in [5.41, 5.74) is 1.34. The van der Waals surface area contributed by atoms with E-state index in [0.29, 0.717) is 22.3 Å². The Balaban J connectivity index is 1.69. The molecule has 0 spiro atoms. The first-order valence-electron chi connectivity index (χ1n) is 6.59. The molecule has 2 fully saturated rings. The fraction of sp³-hybridized carbons (Fsp3) is 0.286. The van der Waals surface area contributed by atoms with Crippen molar-refractivity contribution in [2.24, 2.45) is 0 Å². The first-order valence-corrected chi connectivity index (χ1v) is 7.79. The van der Waals surface area contributed by atoms with E-state index in [1.165, 1.54) is 0 Å². The predicted molar refractivity (Wildman–Crippen MR) is 83.8 cm³/mol. The number of fused-ring (bicyclic) bond motifs is 1. The molecule has 1 amide bonds. The van der Waals surface area contributed by atoms with Crippen LogP contribution in [0, 0.1) is 0 Å². The molecule has 2 aliphatic heterocycles. The van der Waals surface area contributed by atoms with Crippen LogP contribution in [0.4, 0.5) is 0 Å². The second-order valence-electron chi connectivity index (χ2n) is 5.12. The number of ether oxygens (including phenoxy) is 2. The van der Waals surface area contributed by atoms with Gasteiger partial charge in [0, 0.05) is 10.5 Å². The van der Waals surface area contributed by atoms with Crippen molar-refractivity contribution in [2.75, 3.05) is 6.79 Å². The van der Waals surface area contributed by atoms with Gasteiger partial charge < -0.3 is 14.8 Å². The molecule has 0 atom stereocenters. The third-order valence-corrected chi connectivity index (χ3v) is 4.60. The van der Waals surface area contributed by atoms with Crippen LogP contribution in [-0.4, -0.2) is 28.8 Å². The second-order valence-corrected chi connectivity index (χ2v) is 6.36. The van der Waals surface area contributed by atoms with Crippen LogP contribution < -0.4 is 14.8 Å². The van der Waals surface area contributed by atoms with Crippen molar-refractivity contribution in [1.82, 2.24) is 10.2 Å². The molecule has 1 N–H and O–H groups in total. The molecule has 3 aliphatic rings. The molecule has 21 heavy (non-hydrogen) atoms. The van der Waals surface area contributed by atoms with E-state index in [-0.39, 0.29) is 18.7 Å². The molecule has 1 aliphatic carbocycles. The Morgan fingerprint density at radius 1 is 1.33 bits per heavy atom. The summed E-state index contributed by atoms with van der Waals surface area (Å²) in [6, 6.07) is 3.95. The van der Waals surface area contributed by atoms with Crippen LogP contribution >= 0.6 is 28.1 Å². The Kier molecular flexibility index (Phi) is 2.93. The van der Waals surface area contributed by atoms with E-state index in [9.17, 15) is 4.79 Å². The zero-order valence-electron chi connectivity index (χ0n) is 10.9. The van der Waals surface area contributed by atoms with Gasteiger partial charge in [0.15, 0.2) is 16.6 Å². The van der Waals surface area contributed by atoms with E-state index in [2.05, 4.69) is 21.2 Å². The molecule has 0 radical (unpaired) electrons. The molecule has 1 aromatic carbocycles. The minimum atomic E-state index is -0.0629. The monoisotopic (exact) mass is 366 g/mol. The molecule has 5 nitrogen and oxygen atoms in total. The third-order valence-electron chi connectivity index (χ3n) is 3.61. The summed E-state index contributed by atoms with van der Waals surface area (Å²) in [5.74, 6) is 1.31. The third kappa shape index (κ3) is 2.20. The van der Waals surface area contributed by atoms with Gasteiger partial charge in [-0.1, -0.05) is 15.9 Å². The van der Waals surface area contributed by atoms with Crippen LogP contribution in [-0.2, 0) is 4.79 Å². The van der Waals surface area contributed by atoms with Gasteiger partial charge in [-0.15, -0.1) is 0 Å². The summed E-state index contributed by atoms with van der Waals surface area (Å²) >= 11 is 8.72. The standard InChI is InChI=1S/C14H11BrN2O3S/c15-9-5-12-11(19-6-20-12)4-7(9)3-10-13(18)17(8-1-2-8)14(21)16-10/h3-5,8H,1-2,6H2,(H,16,21).